The molecule has 0 saturated carbocycles. The molecule has 52 heavy (non-hydrogen) atoms. The van der Waals surface area contributed by atoms with Gasteiger partial charge in [0, 0.05) is 52.4 Å². The monoisotopic (exact) mass is 714 g/mol. The summed E-state index contributed by atoms with van der Waals surface area (Å²) in [5.74, 6) is 0. The van der Waals surface area contributed by atoms with E-state index in [1.165, 1.54) is 0 Å². The Hall–Kier alpha value is -4.20. The van der Waals surface area contributed by atoms with Gasteiger partial charge < -0.3 is 28.7 Å². The minimum absolute atomic E-state index is 0.0346. The van der Waals surface area contributed by atoms with Gasteiger partial charge in [0.1, 0.15) is 11.2 Å². The second-order valence-electron chi connectivity index (χ2n) is 16.1. The van der Waals surface area contributed by atoms with E-state index in [1.54, 1.807) is 9.80 Å². The molecule has 4 fully saturated rings. The molecular formula is C40H54N6O6. The first kappa shape index (κ1) is 39.0. The molecule has 12 heteroatoms. The van der Waals surface area contributed by atoms with Crippen LogP contribution in [0.15, 0.2) is 36.4 Å². The molecule has 4 aliphatic heterocycles. The Kier molecular flexibility index (Phi) is 12.2. The molecule has 0 bridgehead atoms. The number of rotatable bonds is 2. The fourth-order valence-electron chi connectivity index (χ4n) is 7.18. The van der Waals surface area contributed by atoms with E-state index in [4.69, 9.17) is 18.9 Å². The number of hydrogen-bond donors (Lipinski definition) is 0. The predicted octanol–water partition coefficient (Wildman–Crippen LogP) is 5.72. The highest BCUT2D eigenvalue weighted by Gasteiger charge is 2.39. The summed E-state index contributed by atoms with van der Waals surface area (Å²) in [4.78, 5) is 32.9. The number of amides is 2. The van der Waals surface area contributed by atoms with E-state index >= 15 is 0 Å². The van der Waals surface area contributed by atoms with Crippen molar-refractivity contribution < 1.29 is 28.5 Å². The zero-order chi connectivity index (χ0) is 37.8. The second kappa shape index (κ2) is 16.2. The molecule has 0 radical (unpaired) electrons. The van der Waals surface area contributed by atoms with Crippen LogP contribution in [0.4, 0.5) is 9.59 Å². The van der Waals surface area contributed by atoms with Crippen molar-refractivity contribution in [2.45, 2.75) is 90.9 Å². The lowest BCUT2D eigenvalue weighted by Gasteiger charge is -2.46. The normalized spacial score (nSPS) is 23.9. The Bertz CT molecular complexity index is 1560. The Morgan fingerprint density at radius 2 is 1.04 bits per heavy atom. The molecule has 0 aliphatic carbocycles. The number of nitrogens with zero attached hydrogens (tertiary/aromatic N) is 6. The minimum atomic E-state index is -0.480. The molecule has 4 saturated heterocycles. The van der Waals surface area contributed by atoms with Crippen LogP contribution in [0.3, 0.4) is 0 Å². The van der Waals surface area contributed by atoms with Gasteiger partial charge in [-0.25, -0.2) is 9.59 Å². The Morgan fingerprint density at radius 1 is 0.654 bits per heavy atom. The molecule has 6 rings (SSSR count). The lowest BCUT2D eigenvalue weighted by molar-refractivity contribution is -0.0910. The fourth-order valence-corrected chi connectivity index (χ4v) is 7.18. The van der Waals surface area contributed by atoms with Crippen LogP contribution in [-0.4, -0.2) is 121 Å². The number of benzene rings is 2. The van der Waals surface area contributed by atoms with Crippen LogP contribution in [-0.2, 0) is 18.9 Å². The maximum absolute atomic E-state index is 12.3. The Balaban J connectivity index is 0.000000201. The van der Waals surface area contributed by atoms with Crippen molar-refractivity contribution in [3.63, 3.8) is 0 Å². The van der Waals surface area contributed by atoms with Crippen LogP contribution in [0.5, 0.6) is 0 Å². The summed E-state index contributed by atoms with van der Waals surface area (Å²) in [6.45, 7) is 22.1. The second-order valence-corrected chi connectivity index (χ2v) is 16.1. The molecule has 4 heterocycles. The van der Waals surface area contributed by atoms with Gasteiger partial charge in [-0.3, -0.25) is 9.80 Å². The molecule has 0 N–H and O–H groups in total. The van der Waals surface area contributed by atoms with E-state index in [0.717, 1.165) is 48.4 Å². The van der Waals surface area contributed by atoms with Crippen LogP contribution in [0.1, 0.15) is 87.1 Å². The molecule has 12 nitrogen and oxygen atoms in total. The topological polar surface area (TPSA) is 132 Å². The highest BCUT2D eigenvalue weighted by atomic mass is 16.6. The number of nitriles is 2. The lowest BCUT2D eigenvalue weighted by Crippen LogP contribution is -2.60. The van der Waals surface area contributed by atoms with Crippen molar-refractivity contribution in [2.75, 3.05) is 65.6 Å². The van der Waals surface area contributed by atoms with Gasteiger partial charge in [0.2, 0.25) is 0 Å². The Labute approximate surface area is 308 Å². The maximum atomic E-state index is 12.3. The van der Waals surface area contributed by atoms with E-state index in [0.29, 0.717) is 50.5 Å². The van der Waals surface area contributed by atoms with Gasteiger partial charge in [0.05, 0.1) is 60.8 Å². The molecular weight excluding hydrogens is 660 g/mol. The maximum Gasteiger partial charge on any atom is 0.410 e. The highest BCUT2D eigenvalue weighted by molar-refractivity contribution is 5.68. The van der Waals surface area contributed by atoms with Crippen molar-refractivity contribution in [2.24, 2.45) is 0 Å². The molecule has 0 unspecified atom stereocenters. The summed E-state index contributed by atoms with van der Waals surface area (Å²) in [7, 11) is 0. The van der Waals surface area contributed by atoms with Gasteiger partial charge in [-0.2, -0.15) is 10.5 Å². The average molecular weight is 715 g/mol. The van der Waals surface area contributed by atoms with Crippen molar-refractivity contribution in [3.05, 3.63) is 69.8 Å². The molecule has 2 aromatic rings. The third-order valence-electron chi connectivity index (χ3n) is 9.98. The summed E-state index contributed by atoms with van der Waals surface area (Å²) >= 11 is 0. The number of morpholine rings is 2. The summed E-state index contributed by atoms with van der Waals surface area (Å²) in [5, 5.41) is 18.5. The van der Waals surface area contributed by atoms with Gasteiger partial charge in [0.25, 0.3) is 0 Å². The minimum Gasteiger partial charge on any atom is -0.444 e. The summed E-state index contributed by atoms with van der Waals surface area (Å²) in [6, 6.07) is 16.4. The van der Waals surface area contributed by atoms with Gasteiger partial charge in [-0.1, -0.05) is 24.3 Å². The molecule has 0 spiro atoms. The summed E-state index contributed by atoms with van der Waals surface area (Å²) in [5.41, 5.74) is 4.58. The fraction of sp³-hybridized carbons (Fsp3) is 0.600. The molecule has 4 aliphatic rings. The quantitative estimate of drug-likeness (QED) is 0.381. The lowest BCUT2D eigenvalue weighted by atomic mass is 9.96. The van der Waals surface area contributed by atoms with E-state index in [1.807, 2.05) is 91.8 Å². The van der Waals surface area contributed by atoms with Gasteiger partial charge >= 0.3 is 12.2 Å². The van der Waals surface area contributed by atoms with Crippen LogP contribution >= 0.6 is 0 Å². The first-order chi connectivity index (χ1) is 24.6. The zero-order valence-electron chi connectivity index (χ0n) is 32.0. The van der Waals surface area contributed by atoms with E-state index < -0.39 is 11.2 Å². The summed E-state index contributed by atoms with van der Waals surface area (Å²) in [6.07, 6.45) is -0.575. The summed E-state index contributed by atoms with van der Waals surface area (Å²) < 4.78 is 23.2. The van der Waals surface area contributed by atoms with Gasteiger partial charge in [-0.15, -0.1) is 0 Å². The van der Waals surface area contributed by atoms with Crippen LogP contribution < -0.4 is 0 Å². The van der Waals surface area contributed by atoms with E-state index in [-0.39, 0.29) is 36.5 Å². The molecule has 0 aromatic heterocycles. The van der Waals surface area contributed by atoms with E-state index in [2.05, 4.69) is 21.9 Å². The number of piperazine rings is 2. The average Bonchev–Trinajstić information content (AvgIpc) is 3.10. The highest BCUT2D eigenvalue weighted by Crippen LogP contribution is 2.32. The Morgan fingerprint density at radius 3 is 1.38 bits per heavy atom. The molecule has 2 aromatic carbocycles. The number of carbonyl (C=O) groups excluding carboxylic acids is 2. The largest absolute Gasteiger partial charge is 0.444 e. The van der Waals surface area contributed by atoms with Gasteiger partial charge in [0.15, 0.2) is 0 Å². The van der Waals surface area contributed by atoms with E-state index in [9.17, 15) is 20.1 Å². The smallest absolute Gasteiger partial charge is 0.410 e. The molecule has 4 atom stereocenters. The molecule has 2 amide bonds. The van der Waals surface area contributed by atoms with Crippen molar-refractivity contribution >= 4 is 12.2 Å². The van der Waals surface area contributed by atoms with Crippen LogP contribution in [0.2, 0.25) is 0 Å². The third kappa shape index (κ3) is 9.61. The number of fused-ring (bicyclic) bond motifs is 2. The number of carbonyl (C=O) groups is 2. The number of hydrogen-bond acceptors (Lipinski definition) is 10. The third-order valence-corrected chi connectivity index (χ3v) is 9.98. The SMILES string of the molecule is Cc1c(C#N)cccc1[C@@H]1CN2CCN(C(=O)OC(C)(C)C)C[C@@H]2CO1.Cc1c(C#N)cccc1[C@H]1CN2CCN(C(=O)OC(C)(C)C)C[C@@H]2CO1. The van der Waals surface area contributed by atoms with Crippen molar-refractivity contribution in [1.82, 2.24) is 19.6 Å². The van der Waals surface area contributed by atoms with Crippen LogP contribution in [0, 0.1) is 36.5 Å². The van der Waals surface area contributed by atoms with Crippen LogP contribution in [0.25, 0.3) is 0 Å². The first-order valence-electron chi connectivity index (χ1n) is 18.2. The zero-order valence-corrected chi connectivity index (χ0v) is 32.0. The van der Waals surface area contributed by atoms with Gasteiger partial charge in [-0.05, 0) is 89.8 Å². The molecule has 280 valence electrons. The predicted molar refractivity (Wildman–Crippen MR) is 196 cm³/mol. The van der Waals surface area contributed by atoms with Crippen molar-refractivity contribution in [3.8, 4) is 12.1 Å². The first-order valence-corrected chi connectivity index (χ1v) is 18.2. The van der Waals surface area contributed by atoms with Crippen molar-refractivity contribution in [1.29, 1.82) is 10.5 Å². The number of ether oxygens (including phenoxy) is 4. The standard InChI is InChI=1S/2C20H27N3O3/c2*1-14-15(10-21)6-5-7-17(14)18-12-22-8-9-23(11-16(22)13-25-18)19(24)26-20(2,3)4/h2*5-7,16,18H,8-9,11-13H2,1-4H3/t16-,18+;16-,18-/m11/s1.